The molecule has 0 aliphatic rings. The second kappa shape index (κ2) is 3.42. The van der Waals surface area contributed by atoms with Crippen LogP contribution < -0.4 is 0 Å². The van der Waals surface area contributed by atoms with Crippen LogP contribution in [0.15, 0.2) is 18.3 Å². The number of hydrogen-bond donors (Lipinski definition) is 0. The number of aryl methyl sites for hydroxylation is 1. The van der Waals surface area contributed by atoms with E-state index < -0.39 is 0 Å². The van der Waals surface area contributed by atoms with Crippen molar-refractivity contribution in [3.8, 4) is 0 Å². The molecule has 0 radical (unpaired) electrons. The standard InChI is InChI=1S/C10H9ClN2O/c1-7-9(4-6-14)13-5-2-3-8(11)10(13)12-7/h2-3,5-6H,4H2,1H3. The average Bonchev–Trinajstić information content (AvgIpc) is 2.47. The van der Waals surface area contributed by atoms with Gasteiger partial charge < -0.3 is 9.20 Å². The van der Waals surface area contributed by atoms with E-state index >= 15 is 0 Å². The lowest BCUT2D eigenvalue weighted by Gasteiger charge is -1.98. The lowest BCUT2D eigenvalue weighted by molar-refractivity contribution is -0.107. The van der Waals surface area contributed by atoms with Crippen molar-refractivity contribution in [2.75, 3.05) is 0 Å². The Bertz CT molecular complexity index is 490. The van der Waals surface area contributed by atoms with Crippen molar-refractivity contribution in [3.63, 3.8) is 0 Å². The zero-order valence-electron chi connectivity index (χ0n) is 7.70. The quantitative estimate of drug-likeness (QED) is 0.708. The fourth-order valence-electron chi connectivity index (χ4n) is 1.52. The van der Waals surface area contributed by atoms with Crippen molar-refractivity contribution in [2.45, 2.75) is 13.3 Å². The Morgan fingerprint density at radius 1 is 1.64 bits per heavy atom. The monoisotopic (exact) mass is 208 g/mol. The Morgan fingerprint density at radius 3 is 3.14 bits per heavy atom. The molecule has 0 unspecified atom stereocenters. The topological polar surface area (TPSA) is 34.4 Å². The number of hydrogen-bond acceptors (Lipinski definition) is 2. The number of imidazole rings is 1. The summed E-state index contributed by atoms with van der Waals surface area (Å²) in [5.41, 5.74) is 2.46. The third-order valence-corrected chi connectivity index (χ3v) is 2.47. The van der Waals surface area contributed by atoms with E-state index in [2.05, 4.69) is 4.98 Å². The number of fused-ring (bicyclic) bond motifs is 1. The fourth-order valence-corrected chi connectivity index (χ4v) is 1.73. The summed E-state index contributed by atoms with van der Waals surface area (Å²) in [4.78, 5) is 14.8. The molecule has 0 aromatic carbocycles. The van der Waals surface area contributed by atoms with Gasteiger partial charge in [-0.2, -0.15) is 0 Å². The van der Waals surface area contributed by atoms with Gasteiger partial charge in [-0.3, -0.25) is 0 Å². The smallest absolute Gasteiger partial charge is 0.156 e. The van der Waals surface area contributed by atoms with Crippen molar-refractivity contribution < 1.29 is 4.79 Å². The Kier molecular flexibility index (Phi) is 2.25. The van der Waals surface area contributed by atoms with Gasteiger partial charge in [0.05, 0.1) is 16.4 Å². The van der Waals surface area contributed by atoms with E-state index in [0.717, 1.165) is 17.7 Å². The first kappa shape index (κ1) is 9.21. The van der Waals surface area contributed by atoms with Crippen molar-refractivity contribution in [1.82, 2.24) is 9.38 Å². The van der Waals surface area contributed by atoms with Crippen molar-refractivity contribution >= 4 is 23.5 Å². The first-order chi connectivity index (χ1) is 6.74. The summed E-state index contributed by atoms with van der Waals surface area (Å²) in [6.07, 6.45) is 3.10. The Balaban J connectivity index is 2.76. The van der Waals surface area contributed by atoms with Crippen LogP contribution in [0.25, 0.3) is 5.65 Å². The molecular formula is C10H9ClN2O. The van der Waals surface area contributed by atoms with Gasteiger partial charge in [0.25, 0.3) is 0 Å². The molecule has 2 aromatic rings. The average molecular weight is 209 g/mol. The fraction of sp³-hybridized carbons (Fsp3) is 0.200. The van der Waals surface area contributed by atoms with Gasteiger partial charge in [-0.05, 0) is 19.1 Å². The van der Waals surface area contributed by atoms with Gasteiger partial charge in [-0.25, -0.2) is 4.98 Å². The molecule has 0 atom stereocenters. The molecule has 14 heavy (non-hydrogen) atoms. The zero-order valence-corrected chi connectivity index (χ0v) is 8.45. The molecule has 0 saturated heterocycles. The van der Waals surface area contributed by atoms with Crippen molar-refractivity contribution in [2.24, 2.45) is 0 Å². The van der Waals surface area contributed by atoms with Crippen LogP contribution in [0.5, 0.6) is 0 Å². The van der Waals surface area contributed by atoms with Gasteiger partial charge >= 0.3 is 0 Å². The van der Waals surface area contributed by atoms with Crippen LogP contribution in [0.3, 0.4) is 0 Å². The maximum Gasteiger partial charge on any atom is 0.156 e. The Hall–Kier alpha value is -1.35. The first-order valence-corrected chi connectivity index (χ1v) is 4.67. The normalized spacial score (nSPS) is 10.7. The van der Waals surface area contributed by atoms with Crippen LogP contribution in [0.1, 0.15) is 11.4 Å². The largest absolute Gasteiger partial charge is 0.303 e. The van der Waals surface area contributed by atoms with E-state index in [-0.39, 0.29) is 0 Å². The number of halogens is 1. The van der Waals surface area contributed by atoms with Crippen LogP contribution >= 0.6 is 11.6 Å². The minimum atomic E-state index is 0.368. The minimum Gasteiger partial charge on any atom is -0.303 e. The van der Waals surface area contributed by atoms with Gasteiger partial charge in [0.2, 0.25) is 0 Å². The number of pyridine rings is 1. The molecule has 0 aliphatic carbocycles. The second-order valence-electron chi connectivity index (χ2n) is 3.06. The Morgan fingerprint density at radius 2 is 2.43 bits per heavy atom. The highest BCUT2D eigenvalue weighted by atomic mass is 35.5. The van der Waals surface area contributed by atoms with Crippen LogP contribution in [0.4, 0.5) is 0 Å². The molecular weight excluding hydrogens is 200 g/mol. The molecule has 0 saturated carbocycles. The lowest BCUT2D eigenvalue weighted by atomic mass is 10.3. The minimum absolute atomic E-state index is 0.368. The van der Waals surface area contributed by atoms with Crippen molar-refractivity contribution in [3.05, 3.63) is 34.7 Å². The SMILES string of the molecule is Cc1nc2c(Cl)cccn2c1CC=O. The Labute approximate surface area is 86.3 Å². The molecule has 72 valence electrons. The molecule has 4 heteroatoms. The number of carbonyl (C=O) groups is 1. The number of aldehydes is 1. The van der Waals surface area contributed by atoms with Crippen molar-refractivity contribution in [1.29, 1.82) is 0 Å². The zero-order chi connectivity index (χ0) is 10.1. The predicted molar refractivity (Wildman–Crippen MR) is 54.7 cm³/mol. The van der Waals surface area contributed by atoms with Gasteiger partial charge in [-0.15, -0.1) is 0 Å². The van der Waals surface area contributed by atoms with Gasteiger partial charge in [0, 0.05) is 12.6 Å². The number of rotatable bonds is 2. The summed E-state index contributed by atoms with van der Waals surface area (Å²) >= 11 is 5.97. The number of carbonyl (C=O) groups excluding carboxylic acids is 1. The molecule has 0 spiro atoms. The molecule has 0 aliphatic heterocycles. The van der Waals surface area contributed by atoms with Gasteiger partial charge in [0.1, 0.15) is 6.29 Å². The second-order valence-corrected chi connectivity index (χ2v) is 3.47. The third-order valence-electron chi connectivity index (χ3n) is 2.18. The van der Waals surface area contributed by atoms with E-state index in [1.54, 1.807) is 6.07 Å². The van der Waals surface area contributed by atoms with E-state index in [0.29, 0.717) is 17.1 Å². The summed E-state index contributed by atoms with van der Waals surface area (Å²) in [6.45, 7) is 1.88. The molecule has 0 N–H and O–H groups in total. The molecule has 2 heterocycles. The van der Waals surface area contributed by atoms with E-state index in [1.807, 2.05) is 23.6 Å². The number of aromatic nitrogens is 2. The molecule has 0 fully saturated rings. The summed E-state index contributed by atoms with van der Waals surface area (Å²) in [5.74, 6) is 0. The summed E-state index contributed by atoms with van der Waals surface area (Å²) < 4.78 is 1.85. The van der Waals surface area contributed by atoms with Crippen LogP contribution in [-0.2, 0) is 11.2 Å². The van der Waals surface area contributed by atoms with E-state index in [4.69, 9.17) is 11.6 Å². The van der Waals surface area contributed by atoms with Crippen LogP contribution in [0, 0.1) is 6.92 Å². The highest BCUT2D eigenvalue weighted by molar-refractivity contribution is 6.33. The molecule has 2 rings (SSSR count). The summed E-state index contributed by atoms with van der Waals surface area (Å²) in [6, 6.07) is 3.62. The maximum atomic E-state index is 10.5. The molecule has 3 nitrogen and oxygen atoms in total. The highest BCUT2D eigenvalue weighted by Gasteiger charge is 2.09. The molecule has 2 aromatic heterocycles. The van der Waals surface area contributed by atoms with Gasteiger partial charge in [-0.1, -0.05) is 11.6 Å². The summed E-state index contributed by atoms with van der Waals surface area (Å²) in [7, 11) is 0. The van der Waals surface area contributed by atoms with Gasteiger partial charge in [0.15, 0.2) is 5.65 Å². The summed E-state index contributed by atoms with van der Waals surface area (Å²) in [5, 5.41) is 0.604. The van der Waals surface area contributed by atoms with E-state index in [9.17, 15) is 4.79 Å². The van der Waals surface area contributed by atoms with Crippen LogP contribution in [-0.4, -0.2) is 15.7 Å². The highest BCUT2D eigenvalue weighted by Crippen LogP contribution is 2.19. The third kappa shape index (κ3) is 1.30. The maximum absolute atomic E-state index is 10.5. The molecule has 0 amide bonds. The number of nitrogens with zero attached hydrogens (tertiary/aromatic N) is 2. The first-order valence-electron chi connectivity index (χ1n) is 4.29. The molecule has 0 bridgehead atoms. The predicted octanol–water partition coefficient (Wildman–Crippen LogP) is 2.04. The van der Waals surface area contributed by atoms with Crippen LogP contribution in [0.2, 0.25) is 5.02 Å². The van der Waals surface area contributed by atoms with E-state index in [1.165, 1.54) is 0 Å². The lowest BCUT2D eigenvalue weighted by Crippen LogP contribution is -1.95.